The van der Waals surface area contributed by atoms with Crippen LogP contribution in [0.1, 0.15) is 22.2 Å². The number of benzene rings is 2. The Balaban J connectivity index is 1.65. The molecule has 29 heavy (non-hydrogen) atoms. The van der Waals surface area contributed by atoms with E-state index in [2.05, 4.69) is 66.5 Å². The highest BCUT2D eigenvalue weighted by Gasteiger charge is 2.28. The Hall–Kier alpha value is -2.28. The largest absolute Gasteiger partial charge is 0.347 e. The molecule has 0 fully saturated rings. The average molecular weight is 424 g/mol. The van der Waals surface area contributed by atoms with Gasteiger partial charge in [-0.3, -0.25) is 4.79 Å². The van der Waals surface area contributed by atoms with Crippen LogP contribution in [0.2, 0.25) is 0 Å². The van der Waals surface area contributed by atoms with Gasteiger partial charge in [0, 0.05) is 32.8 Å². The standard InChI is InChI=1S/C23H25N3OS2/c1-16(15-25(2)3)26-19-8-4-5-9-21(19)29-22-11-10-17(13-20(22)26)23(27)24-14-18-7-6-12-28-18/h4-13,16H,14-15H2,1-3H3,(H,24,27)/t16-/m1/s1. The van der Waals surface area contributed by atoms with Crippen LogP contribution in [-0.2, 0) is 6.54 Å². The van der Waals surface area contributed by atoms with Gasteiger partial charge >= 0.3 is 0 Å². The first-order valence-electron chi connectivity index (χ1n) is 9.68. The predicted molar refractivity (Wildman–Crippen MR) is 123 cm³/mol. The van der Waals surface area contributed by atoms with Gasteiger partial charge in [0.25, 0.3) is 5.91 Å². The number of carbonyl (C=O) groups excluding carboxylic acids is 1. The molecule has 3 aromatic rings. The molecular weight excluding hydrogens is 398 g/mol. The van der Waals surface area contributed by atoms with Crippen LogP contribution < -0.4 is 10.2 Å². The first-order valence-corrected chi connectivity index (χ1v) is 11.4. The van der Waals surface area contributed by atoms with Gasteiger partial charge in [-0.05, 0) is 62.8 Å². The van der Waals surface area contributed by atoms with Gasteiger partial charge in [0.05, 0.1) is 17.9 Å². The molecule has 0 aliphatic carbocycles. The molecule has 0 saturated heterocycles. The van der Waals surface area contributed by atoms with E-state index in [9.17, 15) is 4.79 Å². The lowest BCUT2D eigenvalue weighted by Gasteiger charge is -2.38. The van der Waals surface area contributed by atoms with E-state index >= 15 is 0 Å². The Labute approximate surface area is 180 Å². The van der Waals surface area contributed by atoms with Crippen molar-refractivity contribution in [3.63, 3.8) is 0 Å². The molecule has 1 aliphatic rings. The van der Waals surface area contributed by atoms with Crippen LogP contribution >= 0.6 is 23.1 Å². The molecule has 1 aromatic heterocycles. The Bertz CT molecular complexity index is 1000. The average Bonchev–Trinajstić information content (AvgIpc) is 3.22. The second-order valence-corrected chi connectivity index (χ2v) is 9.61. The number of carbonyl (C=O) groups is 1. The quantitative estimate of drug-likeness (QED) is 0.589. The Morgan fingerprint density at radius 1 is 1.07 bits per heavy atom. The van der Waals surface area contributed by atoms with Crippen LogP contribution in [0.3, 0.4) is 0 Å². The maximum absolute atomic E-state index is 12.8. The molecule has 1 aliphatic heterocycles. The third kappa shape index (κ3) is 4.34. The van der Waals surface area contributed by atoms with Crippen molar-refractivity contribution >= 4 is 40.4 Å². The minimum atomic E-state index is -0.0368. The van der Waals surface area contributed by atoms with E-state index in [4.69, 9.17) is 0 Å². The third-order valence-corrected chi connectivity index (χ3v) is 6.91. The monoisotopic (exact) mass is 423 g/mol. The number of rotatable bonds is 6. The lowest BCUT2D eigenvalue weighted by molar-refractivity contribution is 0.0951. The van der Waals surface area contributed by atoms with Crippen LogP contribution in [0.25, 0.3) is 0 Å². The van der Waals surface area contributed by atoms with Gasteiger partial charge in [-0.15, -0.1) is 11.3 Å². The molecule has 6 heteroatoms. The molecule has 0 bridgehead atoms. The van der Waals surface area contributed by atoms with Crippen LogP contribution in [-0.4, -0.2) is 37.5 Å². The first-order chi connectivity index (χ1) is 14.0. The van der Waals surface area contributed by atoms with E-state index in [0.717, 1.165) is 17.1 Å². The van der Waals surface area contributed by atoms with E-state index in [-0.39, 0.29) is 11.9 Å². The van der Waals surface area contributed by atoms with Crippen LogP contribution in [0.15, 0.2) is 69.8 Å². The highest BCUT2D eigenvalue weighted by molar-refractivity contribution is 7.99. The van der Waals surface area contributed by atoms with Gasteiger partial charge in [0.15, 0.2) is 0 Å². The molecule has 150 valence electrons. The molecular formula is C23H25N3OS2. The number of nitrogens with one attached hydrogen (secondary N) is 1. The van der Waals surface area contributed by atoms with Crippen molar-refractivity contribution in [2.75, 3.05) is 25.5 Å². The van der Waals surface area contributed by atoms with Crippen LogP contribution in [0.4, 0.5) is 11.4 Å². The normalized spacial score (nSPS) is 13.7. The first kappa shape index (κ1) is 20.0. The molecule has 1 atom stereocenters. The highest BCUT2D eigenvalue weighted by atomic mass is 32.2. The number of likely N-dealkylation sites (N-methyl/N-ethyl adjacent to an activating group) is 1. The maximum Gasteiger partial charge on any atom is 0.251 e. The summed E-state index contributed by atoms with van der Waals surface area (Å²) in [6, 6.07) is 18.9. The molecule has 2 heterocycles. The minimum Gasteiger partial charge on any atom is -0.347 e. The number of fused-ring (bicyclic) bond motifs is 2. The number of nitrogens with zero attached hydrogens (tertiary/aromatic N) is 2. The third-order valence-electron chi connectivity index (χ3n) is 4.90. The molecule has 1 N–H and O–H groups in total. The number of hydrogen-bond acceptors (Lipinski definition) is 5. The van der Waals surface area contributed by atoms with Crippen molar-refractivity contribution < 1.29 is 4.79 Å². The van der Waals surface area contributed by atoms with Gasteiger partial charge in [0.2, 0.25) is 0 Å². The molecule has 0 radical (unpaired) electrons. The molecule has 0 unspecified atom stereocenters. The number of hydrogen-bond donors (Lipinski definition) is 1. The summed E-state index contributed by atoms with van der Waals surface area (Å²) in [5, 5.41) is 5.07. The Morgan fingerprint density at radius 2 is 1.86 bits per heavy atom. The fourth-order valence-electron chi connectivity index (χ4n) is 3.69. The SMILES string of the molecule is C[C@H](CN(C)C)N1c2ccccc2Sc2ccc(C(=O)NCc3cccs3)cc21. The lowest BCUT2D eigenvalue weighted by Crippen LogP contribution is -2.38. The van der Waals surface area contributed by atoms with Crippen molar-refractivity contribution in [2.24, 2.45) is 0 Å². The van der Waals surface area contributed by atoms with E-state index in [1.807, 2.05) is 29.6 Å². The van der Waals surface area contributed by atoms with Crippen molar-refractivity contribution in [1.82, 2.24) is 10.2 Å². The van der Waals surface area contributed by atoms with Crippen molar-refractivity contribution in [1.29, 1.82) is 0 Å². The van der Waals surface area contributed by atoms with Gasteiger partial charge in [-0.2, -0.15) is 0 Å². The molecule has 4 rings (SSSR count). The predicted octanol–water partition coefficient (Wildman–Crippen LogP) is 5.23. The van der Waals surface area contributed by atoms with Gasteiger partial charge in [-0.25, -0.2) is 0 Å². The topological polar surface area (TPSA) is 35.6 Å². The second-order valence-electron chi connectivity index (χ2n) is 7.50. The molecule has 2 aromatic carbocycles. The maximum atomic E-state index is 12.8. The van der Waals surface area contributed by atoms with E-state index in [1.54, 1.807) is 23.1 Å². The van der Waals surface area contributed by atoms with Crippen LogP contribution in [0, 0.1) is 0 Å². The number of thiophene rings is 1. The highest BCUT2D eigenvalue weighted by Crippen LogP contribution is 2.49. The molecule has 0 spiro atoms. The van der Waals surface area contributed by atoms with E-state index in [1.165, 1.54) is 15.5 Å². The van der Waals surface area contributed by atoms with Gasteiger partial charge in [0.1, 0.15) is 0 Å². The second kappa shape index (κ2) is 8.61. The number of amides is 1. The number of anilines is 2. The van der Waals surface area contributed by atoms with Gasteiger partial charge < -0.3 is 15.1 Å². The summed E-state index contributed by atoms with van der Waals surface area (Å²) in [5.74, 6) is -0.0368. The zero-order chi connectivity index (χ0) is 20.4. The fraction of sp³-hybridized carbons (Fsp3) is 0.261. The van der Waals surface area contributed by atoms with Gasteiger partial charge in [-0.1, -0.05) is 30.0 Å². The summed E-state index contributed by atoms with van der Waals surface area (Å²) >= 11 is 3.42. The smallest absolute Gasteiger partial charge is 0.251 e. The zero-order valence-electron chi connectivity index (χ0n) is 16.9. The van der Waals surface area contributed by atoms with Crippen molar-refractivity contribution in [3.8, 4) is 0 Å². The number of para-hydroxylation sites is 1. The summed E-state index contributed by atoms with van der Waals surface area (Å²) in [7, 11) is 4.19. The van der Waals surface area contributed by atoms with Crippen LogP contribution in [0.5, 0.6) is 0 Å². The lowest BCUT2D eigenvalue weighted by atomic mass is 10.1. The zero-order valence-corrected chi connectivity index (χ0v) is 18.5. The fourth-order valence-corrected chi connectivity index (χ4v) is 5.39. The van der Waals surface area contributed by atoms with Crippen molar-refractivity contribution in [2.45, 2.75) is 29.3 Å². The Kier molecular flexibility index (Phi) is 5.94. The summed E-state index contributed by atoms with van der Waals surface area (Å²) in [4.78, 5) is 20.9. The Morgan fingerprint density at radius 3 is 2.62 bits per heavy atom. The molecule has 4 nitrogen and oxygen atoms in total. The van der Waals surface area contributed by atoms with E-state index < -0.39 is 0 Å². The summed E-state index contributed by atoms with van der Waals surface area (Å²) in [5.41, 5.74) is 3.00. The van der Waals surface area contributed by atoms with E-state index in [0.29, 0.717) is 12.1 Å². The summed E-state index contributed by atoms with van der Waals surface area (Å²) in [6.07, 6.45) is 0. The van der Waals surface area contributed by atoms with Crippen molar-refractivity contribution in [3.05, 3.63) is 70.4 Å². The summed E-state index contributed by atoms with van der Waals surface area (Å²) < 4.78 is 0. The molecule has 0 saturated carbocycles. The molecule has 1 amide bonds. The minimum absolute atomic E-state index is 0.0368. The summed E-state index contributed by atoms with van der Waals surface area (Å²) in [6.45, 7) is 3.72.